The molecule has 86 valence electrons. The van der Waals surface area contributed by atoms with Crippen molar-refractivity contribution in [3.63, 3.8) is 0 Å². The first kappa shape index (κ1) is 12.2. The second kappa shape index (κ2) is 4.34. The first-order valence-corrected chi connectivity index (χ1v) is 4.13. The molecular formula is C10H7F4NO. The van der Waals surface area contributed by atoms with Gasteiger partial charge in [-0.05, 0) is 24.3 Å². The van der Waals surface area contributed by atoms with E-state index in [-0.39, 0.29) is 5.69 Å². The Kier molecular flexibility index (Phi) is 3.31. The maximum absolute atomic E-state index is 12.5. The Morgan fingerprint density at radius 1 is 1.19 bits per heavy atom. The van der Waals surface area contributed by atoms with E-state index in [1.54, 1.807) is 0 Å². The monoisotopic (exact) mass is 233 g/mol. The van der Waals surface area contributed by atoms with Gasteiger partial charge in [0.1, 0.15) is 11.4 Å². The van der Waals surface area contributed by atoms with Crippen molar-refractivity contribution >= 4 is 11.6 Å². The molecule has 1 aromatic carbocycles. The third-order valence-corrected chi connectivity index (χ3v) is 1.72. The summed E-state index contributed by atoms with van der Waals surface area (Å²) in [7, 11) is 0. The van der Waals surface area contributed by atoms with Crippen molar-refractivity contribution in [2.75, 3.05) is 5.32 Å². The molecule has 0 unspecified atom stereocenters. The van der Waals surface area contributed by atoms with E-state index in [9.17, 15) is 22.4 Å². The molecule has 0 fully saturated rings. The van der Waals surface area contributed by atoms with Crippen LogP contribution in [0.5, 0.6) is 0 Å². The lowest BCUT2D eigenvalue weighted by Gasteiger charge is -2.10. The summed E-state index contributed by atoms with van der Waals surface area (Å²) in [6.45, 7) is 2.63. The molecule has 1 amide bonds. The highest BCUT2D eigenvalue weighted by atomic mass is 19.4. The van der Waals surface area contributed by atoms with Crippen LogP contribution in [0.3, 0.4) is 0 Å². The number of carbonyl (C=O) groups excluding carboxylic acids is 1. The third-order valence-electron chi connectivity index (χ3n) is 1.72. The van der Waals surface area contributed by atoms with Gasteiger partial charge in [-0.3, -0.25) is 4.79 Å². The smallest absolute Gasteiger partial charge is 0.322 e. The van der Waals surface area contributed by atoms with Crippen LogP contribution in [0.15, 0.2) is 36.4 Å². The number of hydrogen-bond acceptors (Lipinski definition) is 1. The lowest BCUT2D eigenvalue weighted by molar-refractivity contribution is -0.126. The molecule has 0 aliphatic carbocycles. The molecule has 0 radical (unpaired) electrons. The van der Waals surface area contributed by atoms with E-state index in [0.29, 0.717) is 0 Å². The SMILES string of the molecule is C=C(C(=O)Nc1ccc(F)cc1)C(F)(F)F. The molecule has 2 nitrogen and oxygen atoms in total. The van der Waals surface area contributed by atoms with Crippen LogP contribution >= 0.6 is 0 Å². The van der Waals surface area contributed by atoms with Gasteiger partial charge >= 0.3 is 6.18 Å². The molecule has 0 aliphatic heterocycles. The van der Waals surface area contributed by atoms with Crippen LogP contribution in [0.2, 0.25) is 0 Å². The molecule has 0 aromatic heterocycles. The van der Waals surface area contributed by atoms with Gasteiger partial charge in [0.2, 0.25) is 0 Å². The molecule has 0 saturated carbocycles. The lowest BCUT2D eigenvalue weighted by atomic mass is 10.2. The normalized spacial score (nSPS) is 11.0. The Morgan fingerprint density at radius 2 is 1.69 bits per heavy atom. The van der Waals surface area contributed by atoms with Crippen molar-refractivity contribution in [1.82, 2.24) is 0 Å². The summed E-state index contributed by atoms with van der Waals surface area (Å²) in [5.74, 6) is -1.91. The molecule has 0 saturated heterocycles. The van der Waals surface area contributed by atoms with Crippen molar-refractivity contribution in [1.29, 1.82) is 0 Å². The van der Waals surface area contributed by atoms with Crippen molar-refractivity contribution in [3.8, 4) is 0 Å². The average Bonchev–Trinajstić information content (AvgIpc) is 2.19. The number of rotatable bonds is 2. The highest BCUT2D eigenvalue weighted by Gasteiger charge is 2.36. The number of benzene rings is 1. The molecular weight excluding hydrogens is 226 g/mol. The molecule has 6 heteroatoms. The van der Waals surface area contributed by atoms with E-state index in [4.69, 9.17) is 0 Å². The number of halogens is 4. The van der Waals surface area contributed by atoms with Crippen LogP contribution in [-0.2, 0) is 4.79 Å². The van der Waals surface area contributed by atoms with Gasteiger partial charge in [-0.1, -0.05) is 6.58 Å². The van der Waals surface area contributed by atoms with Crippen molar-refractivity contribution in [3.05, 3.63) is 42.2 Å². The molecule has 0 atom stereocenters. The second-order valence-electron chi connectivity index (χ2n) is 2.94. The van der Waals surface area contributed by atoms with Crippen LogP contribution in [0.25, 0.3) is 0 Å². The number of amides is 1. The van der Waals surface area contributed by atoms with E-state index in [1.807, 2.05) is 5.32 Å². The molecule has 0 heterocycles. The van der Waals surface area contributed by atoms with Gasteiger partial charge in [0.05, 0.1) is 0 Å². The largest absolute Gasteiger partial charge is 0.421 e. The summed E-state index contributed by atoms with van der Waals surface area (Å²) in [4.78, 5) is 11.0. The number of nitrogens with one attached hydrogen (secondary N) is 1. The first-order valence-electron chi connectivity index (χ1n) is 4.13. The fourth-order valence-corrected chi connectivity index (χ4v) is 0.868. The Morgan fingerprint density at radius 3 is 2.12 bits per heavy atom. The zero-order valence-corrected chi connectivity index (χ0v) is 7.94. The quantitative estimate of drug-likeness (QED) is 0.617. The van der Waals surface area contributed by atoms with Crippen molar-refractivity contribution in [2.45, 2.75) is 6.18 Å². The summed E-state index contributed by atoms with van der Waals surface area (Å²) in [6.07, 6.45) is -4.77. The summed E-state index contributed by atoms with van der Waals surface area (Å²) < 4.78 is 48.6. The van der Waals surface area contributed by atoms with Gasteiger partial charge in [0.15, 0.2) is 0 Å². The summed E-state index contributed by atoms with van der Waals surface area (Å²) in [5, 5.41) is 1.95. The van der Waals surface area contributed by atoms with E-state index in [2.05, 4.69) is 6.58 Å². The molecule has 0 bridgehead atoms. The van der Waals surface area contributed by atoms with Gasteiger partial charge in [0, 0.05) is 5.69 Å². The maximum atomic E-state index is 12.5. The molecule has 0 spiro atoms. The highest BCUT2D eigenvalue weighted by molar-refractivity contribution is 6.04. The predicted octanol–water partition coefficient (Wildman–Crippen LogP) is 2.88. The predicted molar refractivity (Wildman–Crippen MR) is 50.2 cm³/mol. The van der Waals surface area contributed by atoms with Crippen molar-refractivity contribution < 1.29 is 22.4 Å². The van der Waals surface area contributed by atoms with Crippen LogP contribution < -0.4 is 5.32 Å². The molecule has 1 rings (SSSR count). The highest BCUT2D eigenvalue weighted by Crippen LogP contribution is 2.25. The number of hydrogen-bond donors (Lipinski definition) is 1. The average molecular weight is 233 g/mol. The van der Waals surface area contributed by atoms with Gasteiger partial charge < -0.3 is 5.32 Å². The van der Waals surface area contributed by atoms with Crippen LogP contribution in [-0.4, -0.2) is 12.1 Å². The number of alkyl halides is 3. The standard InChI is InChI=1S/C10H7F4NO/c1-6(10(12,13)14)9(16)15-8-4-2-7(11)3-5-8/h2-5H,1H2,(H,15,16). The Balaban J connectivity index is 2.72. The molecule has 1 N–H and O–H groups in total. The van der Waals surface area contributed by atoms with E-state index >= 15 is 0 Å². The van der Waals surface area contributed by atoms with E-state index in [1.165, 1.54) is 0 Å². The minimum Gasteiger partial charge on any atom is -0.322 e. The number of carbonyl (C=O) groups is 1. The Bertz CT molecular complexity index is 408. The zero-order chi connectivity index (χ0) is 12.3. The summed E-state index contributed by atoms with van der Waals surface area (Å²) >= 11 is 0. The Labute approximate surface area is 88.6 Å². The minimum absolute atomic E-state index is 0.0665. The fraction of sp³-hybridized carbons (Fsp3) is 0.100. The molecule has 1 aromatic rings. The van der Waals surface area contributed by atoms with Gasteiger partial charge in [-0.15, -0.1) is 0 Å². The van der Waals surface area contributed by atoms with E-state index in [0.717, 1.165) is 24.3 Å². The van der Waals surface area contributed by atoms with Gasteiger partial charge in [0.25, 0.3) is 5.91 Å². The van der Waals surface area contributed by atoms with Crippen LogP contribution in [0.1, 0.15) is 0 Å². The fourth-order valence-electron chi connectivity index (χ4n) is 0.868. The van der Waals surface area contributed by atoms with Crippen molar-refractivity contribution in [2.24, 2.45) is 0 Å². The van der Waals surface area contributed by atoms with Gasteiger partial charge in [-0.2, -0.15) is 13.2 Å². The maximum Gasteiger partial charge on any atom is 0.421 e. The lowest BCUT2D eigenvalue weighted by Crippen LogP contribution is -2.24. The van der Waals surface area contributed by atoms with Gasteiger partial charge in [-0.25, -0.2) is 4.39 Å². The molecule has 16 heavy (non-hydrogen) atoms. The second-order valence-corrected chi connectivity index (χ2v) is 2.94. The number of anilines is 1. The van der Waals surface area contributed by atoms with E-state index < -0.39 is 23.5 Å². The third kappa shape index (κ3) is 3.08. The van der Waals surface area contributed by atoms with Crippen LogP contribution in [0, 0.1) is 5.82 Å². The van der Waals surface area contributed by atoms with Crippen LogP contribution in [0.4, 0.5) is 23.2 Å². The topological polar surface area (TPSA) is 29.1 Å². The Hall–Kier alpha value is -1.85. The molecule has 0 aliphatic rings. The zero-order valence-electron chi connectivity index (χ0n) is 7.94. The minimum atomic E-state index is -4.77. The summed E-state index contributed by atoms with van der Waals surface area (Å²) in [6, 6.07) is 4.34. The summed E-state index contributed by atoms with van der Waals surface area (Å²) in [5.41, 5.74) is -1.44. The first-order chi connectivity index (χ1) is 7.30.